The van der Waals surface area contributed by atoms with Crippen LogP contribution in [0.4, 0.5) is 0 Å². The maximum Gasteiger partial charge on any atom is 0.220 e. The fraction of sp³-hybridized carbons (Fsp3) is 0.894. The summed E-state index contributed by atoms with van der Waals surface area (Å²) in [4.78, 5) is 12.9. The average molecular weight is 698 g/mol. The van der Waals surface area contributed by atoms with Crippen molar-refractivity contribution in [2.45, 2.75) is 221 Å². The van der Waals surface area contributed by atoms with Crippen LogP contribution in [0.15, 0.2) is 24.3 Å². The Balaban J connectivity index is 0.00000135. The number of carbonyl (C=O) groups excluding carboxylic acids is 1. The number of aliphatic hydroxyl groups is 1. The Morgan fingerprint density at radius 2 is 1.30 bits per heavy atom. The zero-order valence-corrected chi connectivity index (χ0v) is 34.7. The SMILES string of the molecule is CC.CC=CC.CCCCCCCC/C=C\CCCCCCCC(=O)NC1CCC2(C)C(CCC3C4CCC(CCCCO)C4(C)CCC32)C1. The normalized spacial score (nSPS) is 31.6. The third kappa shape index (κ3) is 14.0. The maximum absolute atomic E-state index is 12.9. The molecule has 2 N–H and O–H groups in total. The van der Waals surface area contributed by atoms with Gasteiger partial charge in [0.1, 0.15) is 0 Å². The lowest BCUT2D eigenvalue weighted by Gasteiger charge is -2.61. The van der Waals surface area contributed by atoms with Gasteiger partial charge in [-0.25, -0.2) is 0 Å². The fourth-order valence-electron chi connectivity index (χ4n) is 11.1. The lowest BCUT2D eigenvalue weighted by Crippen LogP contribution is -2.55. The van der Waals surface area contributed by atoms with Crippen LogP contribution in [0.25, 0.3) is 0 Å². The molecule has 1 amide bonds. The van der Waals surface area contributed by atoms with E-state index >= 15 is 0 Å². The third-order valence-electron chi connectivity index (χ3n) is 14.2. The Labute approximate surface area is 313 Å². The van der Waals surface area contributed by atoms with E-state index in [9.17, 15) is 9.90 Å². The van der Waals surface area contributed by atoms with Crippen LogP contribution in [0, 0.1) is 40.4 Å². The van der Waals surface area contributed by atoms with Crippen LogP contribution in [0.3, 0.4) is 0 Å². The van der Waals surface area contributed by atoms with Gasteiger partial charge in [0.15, 0.2) is 0 Å². The van der Waals surface area contributed by atoms with Gasteiger partial charge in [-0.15, -0.1) is 0 Å². The highest BCUT2D eigenvalue weighted by molar-refractivity contribution is 5.76. The van der Waals surface area contributed by atoms with Crippen LogP contribution in [0.2, 0.25) is 0 Å². The van der Waals surface area contributed by atoms with Crippen molar-refractivity contribution in [3.05, 3.63) is 24.3 Å². The zero-order valence-electron chi connectivity index (χ0n) is 34.7. The minimum Gasteiger partial charge on any atom is -0.396 e. The molecule has 4 fully saturated rings. The summed E-state index contributed by atoms with van der Waals surface area (Å²) in [6.07, 6.45) is 42.3. The molecule has 4 rings (SSSR count). The molecule has 0 heterocycles. The largest absolute Gasteiger partial charge is 0.396 e. The molecule has 3 heteroatoms. The monoisotopic (exact) mass is 698 g/mol. The number of hydrogen-bond donors (Lipinski definition) is 2. The molecule has 3 nitrogen and oxygen atoms in total. The first-order valence-corrected chi connectivity index (χ1v) is 22.5. The highest BCUT2D eigenvalue weighted by atomic mass is 16.2. The van der Waals surface area contributed by atoms with Crippen molar-refractivity contribution >= 4 is 5.91 Å². The fourth-order valence-corrected chi connectivity index (χ4v) is 11.1. The summed E-state index contributed by atoms with van der Waals surface area (Å²) in [5.74, 6) is 4.78. The molecule has 4 saturated carbocycles. The number of unbranched alkanes of at least 4 members (excludes halogenated alkanes) is 12. The van der Waals surface area contributed by atoms with E-state index in [1.165, 1.54) is 148 Å². The minimum atomic E-state index is 0.316. The molecule has 0 spiro atoms. The first-order chi connectivity index (χ1) is 24.3. The van der Waals surface area contributed by atoms with Crippen molar-refractivity contribution in [1.82, 2.24) is 5.32 Å². The summed E-state index contributed by atoms with van der Waals surface area (Å²) in [5.41, 5.74) is 1.04. The van der Waals surface area contributed by atoms with Crippen LogP contribution in [0.5, 0.6) is 0 Å². The quantitative estimate of drug-likeness (QED) is 0.0983. The molecular formula is C47H87NO2. The summed E-state index contributed by atoms with van der Waals surface area (Å²) in [6.45, 7) is 16.0. The molecule has 0 bridgehead atoms. The van der Waals surface area contributed by atoms with Crippen LogP contribution in [0.1, 0.15) is 215 Å². The van der Waals surface area contributed by atoms with Gasteiger partial charge in [-0.05, 0) is 157 Å². The molecule has 8 atom stereocenters. The lowest BCUT2D eigenvalue weighted by molar-refractivity contribution is -0.127. The summed E-state index contributed by atoms with van der Waals surface area (Å²) in [6, 6.07) is 0.413. The molecule has 4 aliphatic rings. The number of fused-ring (bicyclic) bond motifs is 5. The molecule has 0 aromatic carbocycles. The van der Waals surface area contributed by atoms with Gasteiger partial charge in [0.25, 0.3) is 0 Å². The summed E-state index contributed by atoms with van der Waals surface area (Å²) in [5, 5.41) is 12.8. The summed E-state index contributed by atoms with van der Waals surface area (Å²) in [7, 11) is 0. The molecule has 0 aliphatic heterocycles. The summed E-state index contributed by atoms with van der Waals surface area (Å²) < 4.78 is 0. The Hall–Kier alpha value is -1.09. The average Bonchev–Trinajstić information content (AvgIpc) is 3.47. The topological polar surface area (TPSA) is 49.3 Å². The van der Waals surface area contributed by atoms with E-state index in [0.29, 0.717) is 29.4 Å². The van der Waals surface area contributed by atoms with Crippen molar-refractivity contribution in [2.75, 3.05) is 6.61 Å². The van der Waals surface area contributed by atoms with Crippen molar-refractivity contribution in [1.29, 1.82) is 0 Å². The molecule has 0 saturated heterocycles. The van der Waals surface area contributed by atoms with E-state index in [2.05, 4.69) is 38.2 Å². The molecule has 0 aromatic rings. The van der Waals surface area contributed by atoms with E-state index in [0.717, 1.165) is 48.9 Å². The Bertz CT molecular complexity index is 922. The van der Waals surface area contributed by atoms with Crippen molar-refractivity contribution in [3.8, 4) is 0 Å². The molecule has 50 heavy (non-hydrogen) atoms. The number of allylic oxidation sites excluding steroid dienone is 4. The van der Waals surface area contributed by atoms with Crippen molar-refractivity contribution in [2.24, 2.45) is 40.4 Å². The van der Waals surface area contributed by atoms with Gasteiger partial charge >= 0.3 is 0 Å². The molecular weight excluding hydrogens is 611 g/mol. The second kappa shape index (κ2) is 25.8. The molecule has 0 radical (unpaired) electrons. The number of carbonyl (C=O) groups is 1. The Morgan fingerprint density at radius 3 is 1.94 bits per heavy atom. The first kappa shape index (κ1) is 45.1. The number of rotatable bonds is 20. The van der Waals surface area contributed by atoms with Gasteiger partial charge in [-0.2, -0.15) is 0 Å². The van der Waals surface area contributed by atoms with Crippen LogP contribution < -0.4 is 5.32 Å². The number of nitrogens with one attached hydrogen (secondary N) is 1. The van der Waals surface area contributed by atoms with E-state index < -0.39 is 0 Å². The predicted octanol–water partition coefficient (Wildman–Crippen LogP) is 13.9. The number of aliphatic hydroxyl groups excluding tert-OH is 1. The van der Waals surface area contributed by atoms with Gasteiger partial charge < -0.3 is 10.4 Å². The summed E-state index contributed by atoms with van der Waals surface area (Å²) >= 11 is 0. The highest BCUT2D eigenvalue weighted by Crippen LogP contribution is 2.67. The molecule has 0 aromatic heterocycles. The molecule has 292 valence electrons. The molecule has 8 unspecified atom stereocenters. The van der Waals surface area contributed by atoms with Gasteiger partial charge in [-0.3, -0.25) is 4.79 Å². The van der Waals surface area contributed by atoms with E-state index in [-0.39, 0.29) is 0 Å². The minimum absolute atomic E-state index is 0.316. The van der Waals surface area contributed by atoms with Crippen LogP contribution in [-0.2, 0) is 4.79 Å². The van der Waals surface area contributed by atoms with Crippen molar-refractivity contribution < 1.29 is 9.90 Å². The lowest BCUT2D eigenvalue weighted by atomic mass is 9.44. The standard InChI is InChI=1S/C41H73NO2.C4H8.C2H6/c1-4-5-6-7-8-9-10-11-12-13-14-15-16-17-18-22-39(44)42-35-27-29-41(3)34(32-35)23-25-36-37-26-24-33(21-19-20-31-43)40(37,2)30-28-38(36)41;1-3-4-2;1-2/h11-12,33-38,43H,4-10,13-32H2,1-3H3,(H,42,44);3-4H,1-2H3;1-2H3/b12-11-;;. The van der Waals surface area contributed by atoms with Crippen molar-refractivity contribution in [3.63, 3.8) is 0 Å². The number of amides is 1. The predicted molar refractivity (Wildman–Crippen MR) is 219 cm³/mol. The van der Waals surface area contributed by atoms with Crippen LogP contribution >= 0.6 is 0 Å². The third-order valence-corrected chi connectivity index (χ3v) is 14.2. The number of hydrogen-bond acceptors (Lipinski definition) is 2. The highest BCUT2D eigenvalue weighted by Gasteiger charge is 2.59. The second-order valence-electron chi connectivity index (χ2n) is 17.2. The molecule has 4 aliphatic carbocycles. The maximum atomic E-state index is 12.9. The zero-order chi connectivity index (χ0) is 36.7. The van der Waals surface area contributed by atoms with Gasteiger partial charge in [0.05, 0.1) is 0 Å². The van der Waals surface area contributed by atoms with Gasteiger partial charge in [0, 0.05) is 19.1 Å². The second-order valence-corrected chi connectivity index (χ2v) is 17.2. The van der Waals surface area contributed by atoms with Gasteiger partial charge in [-0.1, -0.05) is 117 Å². The Kier molecular flexibility index (Phi) is 23.3. The Morgan fingerprint density at radius 1 is 0.700 bits per heavy atom. The van der Waals surface area contributed by atoms with E-state index in [1.54, 1.807) is 0 Å². The van der Waals surface area contributed by atoms with E-state index in [4.69, 9.17) is 0 Å². The first-order valence-electron chi connectivity index (χ1n) is 22.5. The smallest absolute Gasteiger partial charge is 0.220 e. The van der Waals surface area contributed by atoms with E-state index in [1.807, 2.05) is 39.8 Å². The van der Waals surface area contributed by atoms with Crippen LogP contribution in [-0.4, -0.2) is 23.7 Å². The van der Waals surface area contributed by atoms with Gasteiger partial charge in [0.2, 0.25) is 5.91 Å².